The number of thioether (sulfide) groups is 1. The van der Waals surface area contributed by atoms with E-state index in [1.807, 2.05) is 0 Å². The van der Waals surface area contributed by atoms with E-state index in [0.717, 1.165) is 6.07 Å². The Balaban J connectivity index is 2.21. The molecule has 0 aliphatic carbocycles. The molecule has 0 saturated carbocycles. The number of phenols is 2. The van der Waals surface area contributed by atoms with E-state index < -0.39 is 17.4 Å². The normalized spacial score (nSPS) is 10.6. The van der Waals surface area contributed by atoms with Crippen LogP contribution in [0.15, 0.2) is 47.4 Å². The van der Waals surface area contributed by atoms with Crippen LogP contribution in [0, 0.1) is 0 Å². The largest absolute Gasteiger partial charge is 0.504 e. The van der Waals surface area contributed by atoms with Gasteiger partial charge < -0.3 is 15.5 Å². The second-order valence-electron chi connectivity index (χ2n) is 4.03. The molecule has 7 heteroatoms. The predicted molar refractivity (Wildman–Crippen MR) is 76.0 cm³/mol. The summed E-state index contributed by atoms with van der Waals surface area (Å²) >= 11 is 0.330. The summed E-state index contributed by atoms with van der Waals surface area (Å²) < 4.78 is 24.9. The summed E-state index contributed by atoms with van der Waals surface area (Å²) in [5, 5.41) is 21.0. The van der Waals surface area contributed by atoms with Crippen molar-refractivity contribution in [1.29, 1.82) is 0 Å². The first-order valence-electron chi connectivity index (χ1n) is 5.84. The number of anilines is 1. The summed E-state index contributed by atoms with van der Waals surface area (Å²) in [7, 11) is 0. The van der Waals surface area contributed by atoms with E-state index in [-0.39, 0.29) is 21.9 Å². The molecular formula is C14H11F2NO3S. The number of halogens is 2. The Morgan fingerprint density at radius 1 is 1.10 bits per heavy atom. The van der Waals surface area contributed by atoms with E-state index >= 15 is 0 Å². The summed E-state index contributed by atoms with van der Waals surface area (Å²) in [6.45, 7) is 0. The summed E-state index contributed by atoms with van der Waals surface area (Å²) in [4.78, 5) is 12.3. The average molecular weight is 311 g/mol. The van der Waals surface area contributed by atoms with Crippen molar-refractivity contribution in [2.75, 3.05) is 5.32 Å². The second-order valence-corrected chi connectivity index (χ2v) is 5.06. The number of alkyl halides is 2. The van der Waals surface area contributed by atoms with Gasteiger partial charge >= 0.3 is 0 Å². The number of nitrogens with one attached hydrogen (secondary N) is 1. The maximum absolute atomic E-state index is 12.4. The highest BCUT2D eigenvalue weighted by atomic mass is 32.2. The molecule has 0 atom stereocenters. The number of benzene rings is 2. The number of aromatic hydroxyl groups is 2. The van der Waals surface area contributed by atoms with E-state index in [2.05, 4.69) is 5.32 Å². The molecule has 0 spiro atoms. The van der Waals surface area contributed by atoms with Crippen LogP contribution in [0.25, 0.3) is 0 Å². The number of phenolic OH excluding ortho intramolecular Hbond substituents is 2. The molecule has 4 nitrogen and oxygen atoms in total. The van der Waals surface area contributed by atoms with Crippen LogP contribution < -0.4 is 5.32 Å². The van der Waals surface area contributed by atoms with E-state index in [1.165, 1.54) is 24.3 Å². The van der Waals surface area contributed by atoms with Crippen molar-refractivity contribution in [2.45, 2.75) is 10.7 Å². The molecule has 110 valence electrons. The Bertz CT molecular complexity index is 664. The molecule has 0 saturated heterocycles. The molecule has 1 amide bonds. The molecule has 0 aliphatic heterocycles. The van der Waals surface area contributed by atoms with Gasteiger partial charge in [0.2, 0.25) is 0 Å². The molecule has 0 fully saturated rings. The Morgan fingerprint density at radius 3 is 2.48 bits per heavy atom. The van der Waals surface area contributed by atoms with Gasteiger partial charge in [0.25, 0.3) is 11.7 Å². The maximum atomic E-state index is 12.4. The fraction of sp³-hybridized carbons (Fsp3) is 0.0714. The standard InChI is InChI=1S/C14H11F2NO3S/c15-14(16)21-12-4-2-1-3-9(12)17-13(20)8-5-6-10(18)11(19)7-8/h1-7,14,18-19H,(H,17,20). The first-order valence-corrected chi connectivity index (χ1v) is 6.72. The van der Waals surface area contributed by atoms with Crippen LogP contribution >= 0.6 is 11.8 Å². The molecule has 2 aromatic rings. The minimum Gasteiger partial charge on any atom is -0.504 e. The molecule has 2 aromatic carbocycles. The average Bonchev–Trinajstić information content (AvgIpc) is 2.43. The van der Waals surface area contributed by atoms with Gasteiger partial charge in [0.05, 0.1) is 5.69 Å². The van der Waals surface area contributed by atoms with Gasteiger partial charge in [-0.05, 0) is 30.3 Å². The summed E-state index contributed by atoms with van der Waals surface area (Å²) in [5.41, 5.74) is 0.350. The highest BCUT2D eigenvalue weighted by Gasteiger charge is 2.13. The van der Waals surface area contributed by atoms with Gasteiger partial charge in [-0.2, -0.15) is 8.78 Å². The topological polar surface area (TPSA) is 69.6 Å². The highest BCUT2D eigenvalue weighted by molar-refractivity contribution is 7.99. The molecule has 0 bridgehead atoms. The van der Waals surface area contributed by atoms with Gasteiger partial charge in [0.15, 0.2) is 11.5 Å². The summed E-state index contributed by atoms with van der Waals surface area (Å²) in [6.07, 6.45) is 0. The van der Waals surface area contributed by atoms with Gasteiger partial charge in [-0.25, -0.2) is 0 Å². The van der Waals surface area contributed by atoms with Crippen LogP contribution in [0.3, 0.4) is 0 Å². The van der Waals surface area contributed by atoms with Crippen molar-refractivity contribution < 1.29 is 23.8 Å². The molecule has 3 N–H and O–H groups in total. The monoisotopic (exact) mass is 311 g/mol. The first kappa shape index (κ1) is 15.1. The van der Waals surface area contributed by atoms with Crippen LogP contribution in [0.5, 0.6) is 11.5 Å². The molecule has 0 heterocycles. The molecular weight excluding hydrogens is 300 g/mol. The molecule has 0 radical (unpaired) electrons. The number of hydrogen-bond donors (Lipinski definition) is 3. The fourth-order valence-corrected chi connectivity index (χ4v) is 2.22. The number of carbonyl (C=O) groups is 1. The Kier molecular flexibility index (Phi) is 4.64. The zero-order valence-electron chi connectivity index (χ0n) is 10.6. The van der Waals surface area contributed by atoms with Crippen molar-refractivity contribution in [3.8, 4) is 11.5 Å². The zero-order chi connectivity index (χ0) is 15.4. The van der Waals surface area contributed by atoms with Crippen molar-refractivity contribution >= 4 is 23.4 Å². The van der Waals surface area contributed by atoms with E-state index in [4.69, 9.17) is 0 Å². The lowest BCUT2D eigenvalue weighted by Gasteiger charge is -2.10. The van der Waals surface area contributed by atoms with Gasteiger partial charge in [0, 0.05) is 10.5 Å². The maximum Gasteiger partial charge on any atom is 0.288 e. The van der Waals surface area contributed by atoms with Crippen LogP contribution in [0.1, 0.15) is 10.4 Å². The number of hydrogen-bond acceptors (Lipinski definition) is 4. The quantitative estimate of drug-likeness (QED) is 0.595. The summed E-state index contributed by atoms with van der Waals surface area (Å²) in [6, 6.07) is 9.75. The van der Waals surface area contributed by atoms with Gasteiger partial charge in [-0.1, -0.05) is 23.9 Å². The van der Waals surface area contributed by atoms with Crippen molar-refractivity contribution in [3.05, 3.63) is 48.0 Å². The Labute approximate surface area is 123 Å². The van der Waals surface area contributed by atoms with Crippen LogP contribution in [-0.4, -0.2) is 21.9 Å². The number of carbonyl (C=O) groups excluding carboxylic acids is 1. The van der Waals surface area contributed by atoms with Crippen molar-refractivity contribution in [2.24, 2.45) is 0 Å². The third kappa shape index (κ3) is 3.85. The lowest BCUT2D eigenvalue weighted by molar-refractivity contribution is 0.102. The van der Waals surface area contributed by atoms with Crippen LogP contribution in [-0.2, 0) is 0 Å². The lowest BCUT2D eigenvalue weighted by atomic mass is 10.2. The Hall–Kier alpha value is -2.28. The number of rotatable bonds is 4. The molecule has 0 unspecified atom stereocenters. The minimum absolute atomic E-state index is 0.0992. The Morgan fingerprint density at radius 2 is 1.81 bits per heavy atom. The smallest absolute Gasteiger partial charge is 0.288 e. The number of para-hydroxylation sites is 1. The SMILES string of the molecule is O=C(Nc1ccccc1SC(F)F)c1ccc(O)c(O)c1. The third-order valence-electron chi connectivity index (χ3n) is 2.59. The fourth-order valence-electron chi connectivity index (χ4n) is 1.63. The van der Waals surface area contributed by atoms with E-state index in [1.54, 1.807) is 12.1 Å². The van der Waals surface area contributed by atoms with Crippen molar-refractivity contribution in [1.82, 2.24) is 0 Å². The van der Waals surface area contributed by atoms with Gasteiger partial charge in [-0.15, -0.1) is 0 Å². The summed E-state index contributed by atoms with van der Waals surface area (Å²) in [5.74, 6) is -3.95. The first-order chi connectivity index (χ1) is 9.97. The van der Waals surface area contributed by atoms with Gasteiger partial charge in [-0.3, -0.25) is 4.79 Å². The lowest BCUT2D eigenvalue weighted by Crippen LogP contribution is -2.12. The zero-order valence-corrected chi connectivity index (χ0v) is 11.4. The molecule has 0 aromatic heterocycles. The van der Waals surface area contributed by atoms with E-state index in [0.29, 0.717) is 11.8 Å². The predicted octanol–water partition coefficient (Wildman–Crippen LogP) is 3.66. The van der Waals surface area contributed by atoms with E-state index in [9.17, 15) is 23.8 Å². The van der Waals surface area contributed by atoms with Crippen LogP contribution in [0.4, 0.5) is 14.5 Å². The van der Waals surface area contributed by atoms with Crippen LogP contribution in [0.2, 0.25) is 0 Å². The third-order valence-corrected chi connectivity index (χ3v) is 3.38. The molecule has 0 aliphatic rings. The highest BCUT2D eigenvalue weighted by Crippen LogP contribution is 2.32. The van der Waals surface area contributed by atoms with Gasteiger partial charge in [0.1, 0.15) is 0 Å². The second kappa shape index (κ2) is 6.45. The molecule has 2 rings (SSSR count). The molecule has 21 heavy (non-hydrogen) atoms. The number of amides is 1. The van der Waals surface area contributed by atoms with Crippen molar-refractivity contribution in [3.63, 3.8) is 0 Å². The minimum atomic E-state index is -2.60.